The molecule has 1 aromatic heterocycles. The number of nitrogens with one attached hydrogen (secondary N) is 2. The van der Waals surface area contributed by atoms with Crippen molar-refractivity contribution >= 4 is 35.4 Å². The SMILES string of the molecule is CCN(CC1CCN(c2cnc(C(=O)NC3CCC(Oc4ccc(C#N)c(OC)c4)CC3)cn2)CC1)C1CC(Oc2ccc3c(c2)C(=O)N(C2CCC(=O)NC2=O)C3=O)C1. The van der Waals surface area contributed by atoms with Gasteiger partial charge in [0.05, 0.1) is 42.3 Å². The lowest BCUT2D eigenvalue weighted by atomic mass is 9.86. The summed E-state index contributed by atoms with van der Waals surface area (Å²) in [5.74, 6) is 0.642. The quantitative estimate of drug-likeness (QED) is 0.235. The van der Waals surface area contributed by atoms with E-state index in [1.807, 2.05) is 0 Å². The van der Waals surface area contributed by atoms with E-state index in [9.17, 15) is 29.2 Å². The Balaban J connectivity index is 0.747. The fourth-order valence-electron chi connectivity index (χ4n) is 9.08. The number of ether oxygens (including phenoxy) is 3. The normalized spacial score (nSPS) is 24.3. The number of imide groups is 2. The van der Waals surface area contributed by atoms with Crippen LogP contribution in [-0.2, 0) is 9.59 Å². The van der Waals surface area contributed by atoms with Gasteiger partial charge < -0.3 is 29.3 Å². The Bertz CT molecular complexity index is 2170. The molecule has 2 saturated carbocycles. The summed E-state index contributed by atoms with van der Waals surface area (Å²) in [7, 11) is 1.53. The lowest BCUT2D eigenvalue weighted by Crippen LogP contribution is -2.54. The van der Waals surface area contributed by atoms with Crippen LogP contribution in [0.25, 0.3) is 0 Å². The summed E-state index contributed by atoms with van der Waals surface area (Å²) in [5, 5.41) is 14.6. The highest BCUT2D eigenvalue weighted by Gasteiger charge is 2.45. The first-order valence-electron chi connectivity index (χ1n) is 21.0. The zero-order valence-corrected chi connectivity index (χ0v) is 33.9. The zero-order chi connectivity index (χ0) is 41.9. The third-order valence-corrected chi connectivity index (χ3v) is 12.6. The molecule has 0 bridgehead atoms. The number of carbonyl (C=O) groups excluding carboxylic acids is 5. The summed E-state index contributed by atoms with van der Waals surface area (Å²) >= 11 is 0. The Morgan fingerprint density at radius 2 is 1.62 bits per heavy atom. The van der Waals surface area contributed by atoms with Gasteiger partial charge in [-0.3, -0.25) is 34.2 Å². The highest BCUT2D eigenvalue weighted by atomic mass is 16.5. The molecule has 0 radical (unpaired) electrons. The Morgan fingerprint density at radius 3 is 2.30 bits per heavy atom. The minimum atomic E-state index is -1.00. The Hall–Kier alpha value is -6.08. The predicted octanol–water partition coefficient (Wildman–Crippen LogP) is 4.03. The number of rotatable bonds is 13. The van der Waals surface area contributed by atoms with Crippen LogP contribution in [0.2, 0.25) is 0 Å². The molecule has 1 unspecified atom stereocenters. The molecule has 2 N–H and O–H groups in total. The molecule has 2 saturated heterocycles. The Morgan fingerprint density at radius 1 is 0.900 bits per heavy atom. The van der Waals surface area contributed by atoms with E-state index in [2.05, 4.69) is 43.4 Å². The van der Waals surface area contributed by atoms with Gasteiger partial charge in [-0.2, -0.15) is 5.26 Å². The Labute approximate surface area is 348 Å². The van der Waals surface area contributed by atoms with Gasteiger partial charge in [0.25, 0.3) is 17.7 Å². The monoisotopic (exact) mass is 818 g/mol. The van der Waals surface area contributed by atoms with Crippen molar-refractivity contribution in [2.75, 3.05) is 38.2 Å². The first-order valence-corrected chi connectivity index (χ1v) is 21.0. The zero-order valence-electron chi connectivity index (χ0n) is 33.9. The molecular formula is C44H50N8O8. The lowest BCUT2D eigenvalue weighted by Gasteiger charge is -2.44. The van der Waals surface area contributed by atoms with Gasteiger partial charge in [-0.25, -0.2) is 9.97 Å². The van der Waals surface area contributed by atoms with Crippen molar-refractivity contribution in [3.63, 3.8) is 0 Å². The molecule has 4 fully saturated rings. The summed E-state index contributed by atoms with van der Waals surface area (Å²) in [6.45, 7) is 5.84. The van der Waals surface area contributed by atoms with E-state index in [1.54, 1.807) is 48.8 Å². The molecule has 2 aromatic carbocycles. The van der Waals surface area contributed by atoms with Crippen molar-refractivity contribution in [3.8, 4) is 23.3 Å². The van der Waals surface area contributed by atoms with Crippen molar-refractivity contribution in [2.24, 2.45) is 5.92 Å². The third kappa shape index (κ3) is 8.63. The van der Waals surface area contributed by atoms with Gasteiger partial charge in [-0.1, -0.05) is 6.92 Å². The molecule has 1 atom stereocenters. The molecule has 60 heavy (non-hydrogen) atoms. The number of nitriles is 1. The molecule has 8 rings (SSSR count). The lowest BCUT2D eigenvalue weighted by molar-refractivity contribution is -0.136. The number of amides is 5. The number of methoxy groups -OCH3 is 1. The molecular weight excluding hydrogens is 769 g/mol. The number of nitrogens with zero attached hydrogens (tertiary/aromatic N) is 6. The maximum atomic E-state index is 13.2. The minimum absolute atomic E-state index is 0.00723. The number of benzene rings is 2. The molecule has 16 nitrogen and oxygen atoms in total. The van der Waals surface area contributed by atoms with Crippen LogP contribution in [0.5, 0.6) is 17.2 Å². The van der Waals surface area contributed by atoms with Crippen molar-refractivity contribution in [2.45, 2.75) is 101 Å². The molecule has 2 aliphatic carbocycles. The average molecular weight is 819 g/mol. The van der Waals surface area contributed by atoms with Gasteiger partial charge in [0.2, 0.25) is 11.8 Å². The fraction of sp³-hybridized carbons (Fsp3) is 0.500. The van der Waals surface area contributed by atoms with Crippen LogP contribution < -0.4 is 29.7 Å². The van der Waals surface area contributed by atoms with E-state index in [0.29, 0.717) is 40.5 Å². The summed E-state index contributed by atoms with van der Waals surface area (Å²) in [6, 6.07) is 11.6. The minimum Gasteiger partial charge on any atom is -0.495 e. The van der Waals surface area contributed by atoms with E-state index >= 15 is 0 Å². The van der Waals surface area contributed by atoms with Gasteiger partial charge in [-0.15, -0.1) is 0 Å². The number of anilines is 1. The van der Waals surface area contributed by atoms with Crippen LogP contribution >= 0.6 is 0 Å². The van der Waals surface area contributed by atoms with Crippen LogP contribution in [-0.4, -0.2) is 113 Å². The summed E-state index contributed by atoms with van der Waals surface area (Å²) in [5.41, 5.74) is 1.21. The maximum Gasteiger partial charge on any atom is 0.271 e. The topological polar surface area (TPSA) is 196 Å². The molecule has 0 spiro atoms. The van der Waals surface area contributed by atoms with Gasteiger partial charge in [0.15, 0.2) is 0 Å². The summed E-state index contributed by atoms with van der Waals surface area (Å²) in [4.78, 5) is 78.2. The molecule has 5 amide bonds. The number of fused-ring (bicyclic) bond motifs is 1. The van der Waals surface area contributed by atoms with Gasteiger partial charge in [-0.05, 0) is 87.7 Å². The smallest absolute Gasteiger partial charge is 0.271 e. The standard InChI is InChI=1S/C44H50N8O8/c1-3-50(29-18-33(19-29)60-31-10-11-34-35(20-31)44(57)52(43(34)56)37-12-13-40(53)49-42(37)55)25-26-14-16-51(17-15-26)39-24-46-36(23-47-39)41(54)48-28-5-8-30(9-6-28)59-32-7-4-27(22-45)38(21-32)58-2/h4,7,10-11,20-21,23-24,26,28-30,33,37H,3,5-6,8-9,12-19,25H2,1-2H3,(H,48,54)(H,49,53,55). The Kier molecular flexibility index (Phi) is 12.0. The first-order chi connectivity index (χ1) is 29.1. The van der Waals surface area contributed by atoms with Crippen molar-refractivity contribution in [3.05, 3.63) is 71.2 Å². The van der Waals surface area contributed by atoms with E-state index < -0.39 is 29.7 Å². The number of aromatic nitrogens is 2. The third-order valence-electron chi connectivity index (χ3n) is 12.6. The van der Waals surface area contributed by atoms with Crippen LogP contribution in [0.4, 0.5) is 5.82 Å². The fourth-order valence-corrected chi connectivity index (χ4v) is 9.08. The molecule has 3 aromatic rings. The summed E-state index contributed by atoms with van der Waals surface area (Å²) in [6.07, 6.45) is 10.4. The number of hydrogen-bond donors (Lipinski definition) is 2. The van der Waals surface area contributed by atoms with Crippen LogP contribution in [0.15, 0.2) is 48.8 Å². The molecule has 16 heteroatoms. The van der Waals surface area contributed by atoms with Crippen LogP contribution in [0.3, 0.4) is 0 Å². The van der Waals surface area contributed by atoms with Crippen molar-refractivity contribution in [1.29, 1.82) is 5.26 Å². The van der Waals surface area contributed by atoms with Gasteiger partial charge in [0.1, 0.15) is 47.0 Å². The average Bonchev–Trinajstić information content (AvgIpc) is 3.49. The van der Waals surface area contributed by atoms with E-state index in [4.69, 9.17) is 14.2 Å². The summed E-state index contributed by atoms with van der Waals surface area (Å²) < 4.78 is 17.7. The van der Waals surface area contributed by atoms with E-state index in [1.165, 1.54) is 7.11 Å². The number of piperidine rings is 2. The highest BCUT2D eigenvalue weighted by molar-refractivity contribution is 6.23. The van der Waals surface area contributed by atoms with Gasteiger partial charge >= 0.3 is 0 Å². The van der Waals surface area contributed by atoms with Crippen molar-refractivity contribution in [1.82, 2.24) is 30.4 Å². The molecule has 5 aliphatic rings. The van der Waals surface area contributed by atoms with Crippen LogP contribution in [0.1, 0.15) is 108 Å². The molecule has 4 heterocycles. The van der Waals surface area contributed by atoms with E-state index in [0.717, 1.165) is 88.3 Å². The largest absolute Gasteiger partial charge is 0.495 e. The second kappa shape index (κ2) is 17.6. The molecule has 314 valence electrons. The predicted molar refractivity (Wildman–Crippen MR) is 217 cm³/mol. The van der Waals surface area contributed by atoms with Gasteiger partial charge in [0, 0.05) is 57.0 Å². The number of hydrogen-bond acceptors (Lipinski definition) is 13. The second-order valence-corrected chi connectivity index (χ2v) is 16.3. The highest BCUT2D eigenvalue weighted by Crippen LogP contribution is 2.35. The van der Waals surface area contributed by atoms with Crippen molar-refractivity contribution < 1.29 is 38.2 Å². The second-order valence-electron chi connectivity index (χ2n) is 16.3. The molecule has 3 aliphatic heterocycles. The van der Waals surface area contributed by atoms with Crippen LogP contribution in [0, 0.1) is 17.2 Å². The first kappa shape index (κ1) is 40.7. The maximum absolute atomic E-state index is 13.2. The number of carbonyl (C=O) groups is 5. The van der Waals surface area contributed by atoms with E-state index in [-0.39, 0.29) is 48.1 Å².